The smallest absolute Gasteiger partial charge is 0.396 e. The third kappa shape index (κ3) is 218. The Morgan fingerprint density at radius 3 is 1.19 bits per heavy atom. The van der Waals surface area contributed by atoms with Gasteiger partial charge in [0.25, 0.3) is 0 Å². The molecule has 0 aliphatic rings. The van der Waals surface area contributed by atoms with Crippen LogP contribution in [0.1, 0.15) is 13.3 Å². The van der Waals surface area contributed by atoms with Gasteiger partial charge in [-0.2, -0.15) is 0 Å². The molecule has 0 saturated carbocycles. The molecule has 0 aromatic heterocycles. The predicted octanol–water partition coefficient (Wildman–Crippen LogP) is -0.861. The van der Waals surface area contributed by atoms with Gasteiger partial charge in [-0.3, -0.25) is 0 Å². The van der Waals surface area contributed by atoms with E-state index in [0.717, 1.165) is 0 Å². The molecular formula is C4H15ClO9P2. The maximum atomic E-state index is 8.88. The van der Waals surface area contributed by atoms with Crippen molar-refractivity contribution in [1.29, 1.82) is 0 Å². The van der Waals surface area contributed by atoms with Gasteiger partial charge in [0.2, 0.25) is 0 Å². The van der Waals surface area contributed by atoms with E-state index in [1.54, 1.807) is 0 Å². The molecule has 9 nitrogen and oxygen atoms in total. The summed E-state index contributed by atoms with van der Waals surface area (Å²) in [5, 5.41) is 8.27. The summed E-state index contributed by atoms with van der Waals surface area (Å²) in [6.07, 6.45) is 0.696. The summed E-state index contributed by atoms with van der Waals surface area (Å²) in [5.41, 5.74) is 0. The summed E-state index contributed by atoms with van der Waals surface area (Å²) in [4.78, 5) is 43.1. The van der Waals surface area contributed by atoms with Crippen molar-refractivity contribution in [3.8, 4) is 0 Å². The molecule has 0 bridgehead atoms. The molecule has 0 aromatic carbocycles. The van der Waals surface area contributed by atoms with E-state index < -0.39 is 15.6 Å². The van der Waals surface area contributed by atoms with Crippen LogP contribution in [0.2, 0.25) is 0 Å². The minimum atomic E-state index is -4.64. The van der Waals surface area contributed by atoms with Crippen LogP contribution in [-0.2, 0) is 9.13 Å². The highest BCUT2D eigenvalue weighted by molar-refractivity contribution is 7.45. The molecule has 0 fully saturated rings. The molecule has 0 saturated heterocycles. The monoisotopic (exact) mass is 304 g/mol. The minimum absolute atomic E-state index is 0.120. The summed E-state index contributed by atoms with van der Waals surface area (Å²) < 4.78 is 17.8. The van der Waals surface area contributed by atoms with Gasteiger partial charge in [0.15, 0.2) is 0 Å². The lowest BCUT2D eigenvalue weighted by Gasteiger charge is -1.92. The Labute approximate surface area is 96.8 Å². The highest BCUT2D eigenvalue weighted by Gasteiger charge is 2.00. The van der Waals surface area contributed by atoms with Gasteiger partial charge in [0.1, 0.15) is 0 Å². The van der Waals surface area contributed by atoms with Crippen LogP contribution in [0.25, 0.3) is 0 Å². The van der Waals surface area contributed by atoms with Crippen molar-refractivity contribution in [2.75, 3.05) is 6.61 Å². The highest BCUT2D eigenvalue weighted by atomic mass is 35.5. The van der Waals surface area contributed by atoms with Crippen LogP contribution in [0.15, 0.2) is 0 Å². The molecular weight excluding hydrogens is 289 g/mol. The maximum absolute atomic E-state index is 8.88. The fourth-order valence-electron chi connectivity index (χ4n) is 0.178. The first-order chi connectivity index (χ1) is 6.77. The van der Waals surface area contributed by atoms with Crippen LogP contribution < -0.4 is 0 Å². The number of rotatable bonds is 2. The molecule has 0 radical (unpaired) electrons. The quantitative estimate of drug-likeness (QED) is 0.252. The molecule has 0 heterocycles. The summed E-state index contributed by atoms with van der Waals surface area (Å²) >= 11 is 5.42. The van der Waals surface area contributed by atoms with Crippen molar-refractivity contribution in [3.63, 3.8) is 0 Å². The summed E-state index contributed by atoms with van der Waals surface area (Å²) in [5.74, 6) is 0. The fraction of sp³-hybridized carbons (Fsp3) is 1.00. The molecule has 0 aromatic rings. The van der Waals surface area contributed by atoms with Gasteiger partial charge in [-0.15, -0.1) is 11.6 Å². The average Bonchev–Trinajstić information content (AvgIpc) is 1.76. The average molecular weight is 305 g/mol. The maximum Gasteiger partial charge on any atom is 0.466 e. The van der Waals surface area contributed by atoms with E-state index in [4.69, 9.17) is 55.2 Å². The first-order valence-corrected chi connectivity index (χ1v) is 7.15. The predicted molar refractivity (Wildman–Crippen MR) is 55.5 cm³/mol. The highest BCUT2D eigenvalue weighted by Crippen LogP contribution is 2.26. The topological polar surface area (TPSA) is 176 Å². The molecule has 7 N–H and O–H groups in total. The fourth-order valence-corrected chi connectivity index (χ4v) is 0.275. The SMILES string of the molecule is CC(Cl)CCO.O=P(O)(O)O.O=P(O)(O)O. The Morgan fingerprint density at radius 2 is 1.19 bits per heavy atom. The molecule has 1 unspecified atom stereocenters. The third-order valence-electron chi connectivity index (χ3n) is 0.527. The summed E-state index contributed by atoms with van der Waals surface area (Å²) in [7, 11) is -9.28. The number of aliphatic hydroxyl groups is 1. The van der Waals surface area contributed by atoms with Crippen LogP contribution in [0.4, 0.5) is 0 Å². The lowest BCUT2D eigenvalue weighted by Crippen LogP contribution is -1.92. The van der Waals surface area contributed by atoms with Gasteiger partial charge in [0.05, 0.1) is 0 Å². The van der Waals surface area contributed by atoms with Gasteiger partial charge in [-0.1, -0.05) is 0 Å². The molecule has 0 rings (SSSR count). The Balaban J connectivity index is -0.000000160. The Bertz CT molecular complexity index is 195. The van der Waals surface area contributed by atoms with E-state index in [1.807, 2.05) is 6.92 Å². The van der Waals surface area contributed by atoms with Crippen LogP contribution >= 0.6 is 27.2 Å². The molecule has 0 aliphatic carbocycles. The lowest BCUT2D eigenvalue weighted by molar-refractivity contribution is 0.272. The van der Waals surface area contributed by atoms with E-state index in [0.29, 0.717) is 6.42 Å². The zero-order chi connectivity index (χ0) is 14.0. The third-order valence-corrected chi connectivity index (χ3v) is 0.745. The molecule has 12 heteroatoms. The van der Waals surface area contributed by atoms with E-state index in [2.05, 4.69) is 0 Å². The van der Waals surface area contributed by atoms with Gasteiger partial charge in [-0.05, 0) is 13.3 Å². The van der Waals surface area contributed by atoms with E-state index >= 15 is 0 Å². The van der Waals surface area contributed by atoms with E-state index in [9.17, 15) is 0 Å². The summed E-state index contributed by atoms with van der Waals surface area (Å²) in [6, 6.07) is 0. The van der Waals surface area contributed by atoms with E-state index in [1.165, 1.54) is 0 Å². The van der Waals surface area contributed by atoms with Crippen LogP contribution in [-0.4, -0.2) is 46.5 Å². The second-order valence-corrected chi connectivity index (χ2v) is 5.12. The number of halogens is 1. The molecule has 0 aliphatic heterocycles. The van der Waals surface area contributed by atoms with Crippen LogP contribution in [0.3, 0.4) is 0 Å². The molecule has 0 spiro atoms. The standard InChI is InChI=1S/C4H9ClO.2H3O4P/c1-4(5)2-3-6;2*1-5(2,3)4/h4,6H,2-3H2,1H3;2*(H3,1,2,3,4). The van der Waals surface area contributed by atoms with Crippen molar-refractivity contribution in [3.05, 3.63) is 0 Å². The largest absolute Gasteiger partial charge is 0.466 e. The lowest BCUT2D eigenvalue weighted by atomic mass is 10.4. The number of phosphoric acid groups is 2. The number of alkyl halides is 1. The summed E-state index contributed by atoms with van der Waals surface area (Å²) in [6.45, 7) is 2.06. The number of aliphatic hydroxyl groups excluding tert-OH is 1. The Morgan fingerprint density at radius 1 is 1.00 bits per heavy atom. The van der Waals surface area contributed by atoms with Gasteiger partial charge >= 0.3 is 15.6 Å². The molecule has 102 valence electrons. The Kier molecular flexibility index (Phi) is 14.4. The van der Waals surface area contributed by atoms with Crippen molar-refractivity contribution in [1.82, 2.24) is 0 Å². The van der Waals surface area contributed by atoms with Gasteiger partial charge in [-0.25, -0.2) is 9.13 Å². The molecule has 16 heavy (non-hydrogen) atoms. The zero-order valence-corrected chi connectivity index (χ0v) is 10.8. The molecule has 1 atom stereocenters. The van der Waals surface area contributed by atoms with Crippen LogP contribution in [0, 0.1) is 0 Å². The first kappa shape index (κ1) is 21.7. The number of hydrogen-bond acceptors (Lipinski definition) is 3. The second-order valence-electron chi connectivity index (χ2n) is 2.32. The van der Waals surface area contributed by atoms with Crippen molar-refractivity contribution < 1.29 is 43.6 Å². The van der Waals surface area contributed by atoms with Crippen LogP contribution in [0.5, 0.6) is 0 Å². The van der Waals surface area contributed by atoms with Crippen molar-refractivity contribution >= 4 is 27.2 Å². The normalized spacial score (nSPS) is 12.8. The first-order valence-electron chi connectivity index (χ1n) is 3.59. The molecule has 0 amide bonds. The number of hydrogen-bond donors (Lipinski definition) is 7. The van der Waals surface area contributed by atoms with Gasteiger partial charge < -0.3 is 34.5 Å². The Hall–Kier alpha value is 0.470. The van der Waals surface area contributed by atoms with E-state index in [-0.39, 0.29) is 12.0 Å². The van der Waals surface area contributed by atoms with Crippen molar-refractivity contribution in [2.45, 2.75) is 18.7 Å². The zero-order valence-electron chi connectivity index (χ0n) is 8.21. The van der Waals surface area contributed by atoms with Crippen molar-refractivity contribution in [2.24, 2.45) is 0 Å². The second kappa shape index (κ2) is 10.6. The minimum Gasteiger partial charge on any atom is -0.396 e. The van der Waals surface area contributed by atoms with Gasteiger partial charge in [0, 0.05) is 12.0 Å².